The topological polar surface area (TPSA) is 117 Å². The summed E-state index contributed by atoms with van der Waals surface area (Å²) in [6, 6.07) is 1.21. The molecule has 1 aliphatic rings. The van der Waals surface area contributed by atoms with E-state index in [-0.39, 0.29) is 29.6 Å². The molecule has 0 aliphatic carbocycles. The van der Waals surface area contributed by atoms with Gasteiger partial charge in [0.05, 0.1) is 22.3 Å². The maximum atomic E-state index is 12.0. The number of aliphatic hydroxyl groups excluding tert-OH is 1. The van der Waals surface area contributed by atoms with Crippen LogP contribution in [-0.4, -0.2) is 46.7 Å². The molecule has 0 aromatic carbocycles. The SMILES string of the molecule is Cc1ncc([N+](=O)[O-])cc1C(=O)NCC1CNCC1O.Cl. The second kappa shape index (κ2) is 7.30. The predicted octanol–water partition coefficient (Wildman–Crippen LogP) is 0.0301. The Morgan fingerprint density at radius 2 is 2.33 bits per heavy atom. The molecule has 1 fully saturated rings. The molecule has 1 aromatic rings. The van der Waals surface area contributed by atoms with Gasteiger partial charge in [-0.2, -0.15) is 0 Å². The van der Waals surface area contributed by atoms with Crippen LogP contribution in [0.5, 0.6) is 0 Å². The minimum Gasteiger partial charge on any atom is -0.391 e. The fourth-order valence-electron chi connectivity index (χ4n) is 2.10. The molecule has 3 N–H and O–H groups in total. The Balaban J connectivity index is 0.00000220. The van der Waals surface area contributed by atoms with Crippen molar-refractivity contribution in [3.8, 4) is 0 Å². The van der Waals surface area contributed by atoms with Crippen LogP contribution in [0, 0.1) is 23.0 Å². The van der Waals surface area contributed by atoms with Crippen molar-refractivity contribution in [2.75, 3.05) is 19.6 Å². The molecule has 0 spiro atoms. The molecule has 2 unspecified atom stereocenters. The number of nitro groups is 1. The van der Waals surface area contributed by atoms with Gasteiger partial charge in [0.15, 0.2) is 0 Å². The monoisotopic (exact) mass is 316 g/mol. The van der Waals surface area contributed by atoms with E-state index < -0.39 is 16.9 Å². The molecule has 1 aliphatic heterocycles. The van der Waals surface area contributed by atoms with Crippen molar-refractivity contribution in [3.05, 3.63) is 33.6 Å². The predicted molar refractivity (Wildman–Crippen MR) is 77.6 cm³/mol. The minimum absolute atomic E-state index is 0. The van der Waals surface area contributed by atoms with Crippen LogP contribution in [0.2, 0.25) is 0 Å². The van der Waals surface area contributed by atoms with Gasteiger partial charge < -0.3 is 15.7 Å². The van der Waals surface area contributed by atoms with Crippen molar-refractivity contribution in [3.63, 3.8) is 0 Å². The first kappa shape index (κ1) is 17.3. The summed E-state index contributed by atoms with van der Waals surface area (Å²) in [5.74, 6) is -0.469. The smallest absolute Gasteiger partial charge is 0.288 e. The zero-order valence-electron chi connectivity index (χ0n) is 11.4. The Morgan fingerprint density at radius 1 is 1.62 bits per heavy atom. The number of pyridine rings is 1. The number of nitrogens with one attached hydrogen (secondary N) is 2. The first-order chi connectivity index (χ1) is 9.49. The number of aryl methyl sites for hydroxylation is 1. The lowest BCUT2D eigenvalue weighted by molar-refractivity contribution is -0.385. The average molecular weight is 317 g/mol. The first-order valence-corrected chi connectivity index (χ1v) is 6.27. The molecule has 1 saturated heterocycles. The molecule has 9 heteroatoms. The maximum absolute atomic E-state index is 12.0. The summed E-state index contributed by atoms with van der Waals surface area (Å²) in [6.45, 7) is 3.07. The summed E-state index contributed by atoms with van der Waals surface area (Å²) in [5, 5.41) is 26.0. The van der Waals surface area contributed by atoms with Crippen molar-refractivity contribution in [1.29, 1.82) is 0 Å². The van der Waals surface area contributed by atoms with Crippen molar-refractivity contribution < 1.29 is 14.8 Å². The number of rotatable bonds is 4. The molecule has 21 heavy (non-hydrogen) atoms. The van der Waals surface area contributed by atoms with Crippen LogP contribution >= 0.6 is 12.4 Å². The zero-order chi connectivity index (χ0) is 14.7. The molecule has 1 aromatic heterocycles. The highest BCUT2D eigenvalue weighted by Gasteiger charge is 2.25. The summed E-state index contributed by atoms with van der Waals surface area (Å²) < 4.78 is 0. The largest absolute Gasteiger partial charge is 0.391 e. The number of carbonyl (C=O) groups is 1. The number of carbonyl (C=O) groups excluding carboxylic acids is 1. The molecule has 2 heterocycles. The lowest BCUT2D eigenvalue weighted by Crippen LogP contribution is -2.34. The summed E-state index contributed by atoms with van der Waals surface area (Å²) in [6.07, 6.45) is 0.635. The van der Waals surface area contributed by atoms with Gasteiger partial charge >= 0.3 is 0 Å². The Morgan fingerprint density at radius 3 is 2.90 bits per heavy atom. The Labute approximate surface area is 127 Å². The van der Waals surface area contributed by atoms with E-state index in [4.69, 9.17) is 0 Å². The van der Waals surface area contributed by atoms with Crippen molar-refractivity contribution in [2.24, 2.45) is 5.92 Å². The van der Waals surface area contributed by atoms with Crippen LogP contribution in [0.15, 0.2) is 12.3 Å². The van der Waals surface area contributed by atoms with Gasteiger partial charge in [-0.3, -0.25) is 19.9 Å². The highest BCUT2D eigenvalue weighted by Crippen LogP contribution is 2.15. The molecule has 1 amide bonds. The van der Waals surface area contributed by atoms with Crippen LogP contribution in [0.1, 0.15) is 16.1 Å². The van der Waals surface area contributed by atoms with Gasteiger partial charge in [0.1, 0.15) is 6.20 Å². The quantitative estimate of drug-likeness (QED) is 0.533. The highest BCUT2D eigenvalue weighted by atomic mass is 35.5. The van der Waals surface area contributed by atoms with E-state index in [1.165, 1.54) is 6.07 Å². The third-order valence-electron chi connectivity index (χ3n) is 3.36. The fourth-order valence-corrected chi connectivity index (χ4v) is 2.10. The number of aliphatic hydroxyl groups is 1. The molecular formula is C12H17ClN4O4. The van der Waals surface area contributed by atoms with Crippen LogP contribution < -0.4 is 10.6 Å². The molecule has 0 saturated carbocycles. The molecule has 116 valence electrons. The van der Waals surface area contributed by atoms with Crippen molar-refractivity contribution in [2.45, 2.75) is 13.0 Å². The van der Waals surface area contributed by atoms with Crippen LogP contribution in [-0.2, 0) is 0 Å². The van der Waals surface area contributed by atoms with Gasteiger partial charge in [-0.1, -0.05) is 0 Å². The third-order valence-corrected chi connectivity index (χ3v) is 3.36. The number of hydrogen-bond donors (Lipinski definition) is 3. The molecule has 8 nitrogen and oxygen atoms in total. The van der Waals surface area contributed by atoms with Gasteiger partial charge in [0, 0.05) is 31.6 Å². The lowest BCUT2D eigenvalue weighted by Gasteiger charge is -2.14. The second-order valence-electron chi connectivity index (χ2n) is 4.78. The highest BCUT2D eigenvalue weighted by molar-refractivity contribution is 5.95. The Kier molecular flexibility index (Phi) is 6.01. The van der Waals surface area contributed by atoms with Crippen LogP contribution in [0.3, 0.4) is 0 Å². The van der Waals surface area contributed by atoms with Gasteiger partial charge in [-0.05, 0) is 6.92 Å². The fraction of sp³-hybridized carbons (Fsp3) is 0.500. The van der Waals surface area contributed by atoms with E-state index in [2.05, 4.69) is 15.6 Å². The van der Waals surface area contributed by atoms with E-state index in [0.29, 0.717) is 25.3 Å². The molecule has 0 bridgehead atoms. The number of nitrogens with zero attached hydrogens (tertiary/aromatic N) is 2. The molecular weight excluding hydrogens is 300 g/mol. The third kappa shape index (κ3) is 4.10. The van der Waals surface area contributed by atoms with E-state index >= 15 is 0 Å². The normalized spacial score (nSPS) is 20.7. The number of aromatic nitrogens is 1. The van der Waals surface area contributed by atoms with Crippen molar-refractivity contribution in [1.82, 2.24) is 15.6 Å². The van der Waals surface area contributed by atoms with Crippen LogP contribution in [0.4, 0.5) is 5.69 Å². The summed E-state index contributed by atoms with van der Waals surface area (Å²) in [5.41, 5.74) is 0.390. The van der Waals surface area contributed by atoms with E-state index in [1.807, 2.05) is 0 Å². The summed E-state index contributed by atoms with van der Waals surface area (Å²) >= 11 is 0. The standard InChI is InChI=1S/C12H16N4O4.ClH/c1-7-10(2-9(5-14-7)16(19)20)12(18)15-4-8-3-13-6-11(8)17;/h2,5,8,11,13,17H,3-4,6H2,1H3,(H,15,18);1H. The van der Waals surface area contributed by atoms with Crippen LogP contribution in [0.25, 0.3) is 0 Å². The van der Waals surface area contributed by atoms with E-state index in [9.17, 15) is 20.0 Å². The Hall–Kier alpha value is -1.77. The second-order valence-corrected chi connectivity index (χ2v) is 4.78. The molecule has 2 rings (SSSR count). The Bertz CT molecular complexity index is 540. The van der Waals surface area contributed by atoms with E-state index in [0.717, 1.165) is 6.20 Å². The van der Waals surface area contributed by atoms with Gasteiger partial charge in [0.2, 0.25) is 0 Å². The van der Waals surface area contributed by atoms with E-state index in [1.54, 1.807) is 6.92 Å². The number of hydrogen-bond acceptors (Lipinski definition) is 6. The number of amides is 1. The van der Waals surface area contributed by atoms with Gasteiger partial charge in [0.25, 0.3) is 11.6 Å². The molecule has 0 radical (unpaired) electrons. The zero-order valence-corrected chi connectivity index (χ0v) is 12.2. The maximum Gasteiger partial charge on any atom is 0.288 e. The van der Waals surface area contributed by atoms with Gasteiger partial charge in [-0.15, -0.1) is 12.4 Å². The summed E-state index contributed by atoms with van der Waals surface area (Å²) in [4.78, 5) is 26.0. The van der Waals surface area contributed by atoms with Gasteiger partial charge in [-0.25, -0.2) is 0 Å². The first-order valence-electron chi connectivity index (χ1n) is 6.27. The number of β-amino-alcohol motifs (C(OH)–C–C–N with tert-alkyl or cyclic N) is 1. The minimum atomic E-state index is -0.589. The average Bonchev–Trinajstić information content (AvgIpc) is 2.81. The molecule has 2 atom stereocenters. The van der Waals surface area contributed by atoms with Crippen molar-refractivity contribution >= 4 is 24.0 Å². The lowest BCUT2D eigenvalue weighted by atomic mass is 10.1. The summed E-state index contributed by atoms with van der Waals surface area (Å²) in [7, 11) is 0. The number of halogens is 1.